The van der Waals surface area contributed by atoms with Crippen LogP contribution in [0.4, 0.5) is 10.1 Å². The van der Waals surface area contributed by atoms with Crippen molar-refractivity contribution in [1.82, 2.24) is 14.9 Å². The van der Waals surface area contributed by atoms with Gasteiger partial charge in [-0.15, -0.1) is 0 Å². The van der Waals surface area contributed by atoms with Crippen molar-refractivity contribution in [2.45, 2.75) is 83.7 Å². The lowest BCUT2D eigenvalue weighted by Gasteiger charge is -2.35. The maximum atomic E-state index is 14.4. The van der Waals surface area contributed by atoms with Gasteiger partial charge in [-0.1, -0.05) is 38.8 Å². The number of carboxylic acid groups (broad SMARTS) is 1. The van der Waals surface area contributed by atoms with Gasteiger partial charge in [0.1, 0.15) is 17.9 Å². The van der Waals surface area contributed by atoms with Crippen LogP contribution in [0, 0.1) is 18.7 Å². The molecule has 1 saturated heterocycles. The number of hydrogen-bond acceptors (Lipinski definition) is 6. The van der Waals surface area contributed by atoms with E-state index in [9.17, 15) is 19.1 Å². The average Bonchev–Trinajstić information content (AvgIpc) is 3.63. The van der Waals surface area contributed by atoms with E-state index in [0.29, 0.717) is 37.2 Å². The normalized spacial score (nSPS) is 19.6. The van der Waals surface area contributed by atoms with Crippen molar-refractivity contribution >= 4 is 17.6 Å². The van der Waals surface area contributed by atoms with Crippen LogP contribution in [0.3, 0.4) is 0 Å². The summed E-state index contributed by atoms with van der Waals surface area (Å²) < 4.78 is 20.0. The number of aliphatic carboxylic acids is 1. The molecule has 3 aromatic rings. The van der Waals surface area contributed by atoms with E-state index in [1.807, 2.05) is 23.1 Å². The van der Waals surface area contributed by atoms with Gasteiger partial charge in [-0.3, -0.25) is 14.5 Å². The summed E-state index contributed by atoms with van der Waals surface area (Å²) in [7, 11) is 0. The third-order valence-corrected chi connectivity index (χ3v) is 9.15. The number of likely N-dealkylation sites (tertiary alicyclic amines) is 1. The number of carbonyl (C=O) groups excluding carboxylic acids is 1. The summed E-state index contributed by atoms with van der Waals surface area (Å²) in [6.45, 7) is 7.07. The zero-order valence-corrected chi connectivity index (χ0v) is 25.9. The molecular formula is C35H43FN4O4. The van der Waals surface area contributed by atoms with Gasteiger partial charge < -0.3 is 14.7 Å². The Bertz CT molecular complexity index is 1450. The monoisotopic (exact) mass is 602 g/mol. The molecule has 5 rings (SSSR count). The van der Waals surface area contributed by atoms with Crippen LogP contribution in [-0.2, 0) is 22.4 Å². The zero-order chi connectivity index (χ0) is 31.2. The SMILES string of the molecule is CCCC(CCC)N(C(=O)CN1C[C@H](c2ccc3c(c2)CCO3)C(C(=O)O)[C@@H]1CCc1ccncn1)c1ccc(F)c(C)c1. The molecule has 0 bridgehead atoms. The standard InChI is InChI=1S/C35H43FN4O4/c1-4-6-27(7-5-2)40(28-10-11-30(36)23(3)18-28)33(41)21-39-20-29(24-8-13-32-25(19-24)15-17-44-32)34(35(42)43)31(39)12-9-26-14-16-37-22-38-26/h8,10-11,13-14,16,18-19,22,27,29,31,34H,4-7,9,12,15,17,20-21H2,1-3H3,(H,42,43)/t29-,31+,34?/m1/s1. The van der Waals surface area contributed by atoms with Gasteiger partial charge in [0, 0.05) is 48.5 Å². The average molecular weight is 603 g/mol. The summed E-state index contributed by atoms with van der Waals surface area (Å²) in [6, 6.07) is 12.3. The van der Waals surface area contributed by atoms with Crippen molar-refractivity contribution in [1.29, 1.82) is 0 Å². The molecule has 2 aromatic carbocycles. The molecule has 0 saturated carbocycles. The van der Waals surface area contributed by atoms with Gasteiger partial charge in [0.25, 0.3) is 0 Å². The zero-order valence-electron chi connectivity index (χ0n) is 25.9. The number of hydrogen-bond donors (Lipinski definition) is 1. The lowest BCUT2D eigenvalue weighted by molar-refractivity contribution is -0.143. The number of amides is 1. The van der Waals surface area contributed by atoms with E-state index in [1.54, 1.807) is 25.3 Å². The number of benzene rings is 2. The second-order valence-electron chi connectivity index (χ2n) is 12.1. The van der Waals surface area contributed by atoms with E-state index in [2.05, 4.69) is 34.8 Å². The summed E-state index contributed by atoms with van der Waals surface area (Å²) in [5.41, 5.74) is 4.07. The highest BCUT2D eigenvalue weighted by molar-refractivity contribution is 5.95. The third-order valence-electron chi connectivity index (χ3n) is 9.15. The molecule has 0 aliphatic carbocycles. The molecule has 44 heavy (non-hydrogen) atoms. The maximum Gasteiger partial charge on any atom is 0.308 e. The number of aromatic nitrogens is 2. The molecule has 0 spiro atoms. The van der Waals surface area contributed by atoms with Gasteiger partial charge in [0.05, 0.1) is 19.1 Å². The van der Waals surface area contributed by atoms with E-state index >= 15 is 0 Å². The number of carbonyl (C=O) groups is 2. The summed E-state index contributed by atoms with van der Waals surface area (Å²) in [5, 5.41) is 10.6. The lowest BCUT2D eigenvalue weighted by atomic mass is 9.83. The van der Waals surface area contributed by atoms with Crippen molar-refractivity contribution < 1.29 is 23.8 Å². The first-order valence-corrected chi connectivity index (χ1v) is 15.9. The summed E-state index contributed by atoms with van der Waals surface area (Å²) in [6.07, 6.45) is 8.56. The minimum absolute atomic E-state index is 0.0350. The van der Waals surface area contributed by atoms with E-state index in [-0.39, 0.29) is 36.3 Å². The van der Waals surface area contributed by atoms with Crippen molar-refractivity contribution in [3.8, 4) is 5.75 Å². The molecule has 1 aromatic heterocycles. The Labute approximate surface area is 259 Å². The highest BCUT2D eigenvalue weighted by Crippen LogP contribution is 2.41. The largest absolute Gasteiger partial charge is 0.493 e. The molecule has 1 amide bonds. The van der Waals surface area contributed by atoms with E-state index in [1.165, 1.54) is 12.4 Å². The van der Waals surface area contributed by atoms with Gasteiger partial charge >= 0.3 is 5.97 Å². The molecule has 8 nitrogen and oxygen atoms in total. The third kappa shape index (κ3) is 6.93. The van der Waals surface area contributed by atoms with Crippen LogP contribution in [0.25, 0.3) is 0 Å². The fraction of sp³-hybridized carbons (Fsp3) is 0.486. The Hall–Kier alpha value is -3.85. The second kappa shape index (κ2) is 14.3. The number of ether oxygens (including phenoxy) is 1. The van der Waals surface area contributed by atoms with Crippen LogP contribution >= 0.6 is 0 Å². The number of halogens is 1. The van der Waals surface area contributed by atoms with Gasteiger partial charge in [-0.25, -0.2) is 14.4 Å². The minimum Gasteiger partial charge on any atom is -0.493 e. The van der Waals surface area contributed by atoms with E-state index in [0.717, 1.165) is 54.7 Å². The molecule has 3 heterocycles. The van der Waals surface area contributed by atoms with Crippen molar-refractivity contribution in [3.05, 3.63) is 83.2 Å². The molecule has 1 unspecified atom stereocenters. The molecule has 1 N–H and O–H groups in total. The predicted molar refractivity (Wildman–Crippen MR) is 167 cm³/mol. The first-order chi connectivity index (χ1) is 21.3. The van der Waals surface area contributed by atoms with Crippen LogP contribution in [0.15, 0.2) is 55.0 Å². The number of fused-ring (bicyclic) bond motifs is 1. The molecule has 9 heteroatoms. The van der Waals surface area contributed by atoms with Gasteiger partial charge in [0.15, 0.2) is 0 Å². The van der Waals surface area contributed by atoms with Crippen molar-refractivity contribution in [2.75, 3.05) is 24.6 Å². The van der Waals surface area contributed by atoms with Crippen molar-refractivity contribution in [3.63, 3.8) is 0 Å². The van der Waals surface area contributed by atoms with Gasteiger partial charge in [-0.05, 0) is 79.6 Å². The number of rotatable bonds is 13. The first-order valence-electron chi connectivity index (χ1n) is 15.9. The van der Waals surface area contributed by atoms with Crippen LogP contribution in [0.5, 0.6) is 5.75 Å². The second-order valence-corrected chi connectivity index (χ2v) is 12.1. The van der Waals surface area contributed by atoms with Crippen LogP contribution < -0.4 is 9.64 Å². The molecule has 3 atom stereocenters. The van der Waals surface area contributed by atoms with Crippen molar-refractivity contribution in [2.24, 2.45) is 5.92 Å². The summed E-state index contributed by atoms with van der Waals surface area (Å²) >= 11 is 0. The van der Waals surface area contributed by atoms with E-state index < -0.39 is 11.9 Å². The van der Waals surface area contributed by atoms with E-state index in [4.69, 9.17) is 4.74 Å². The molecule has 234 valence electrons. The molecular weight excluding hydrogens is 559 g/mol. The van der Waals surface area contributed by atoms with Gasteiger partial charge in [0.2, 0.25) is 5.91 Å². The Balaban J connectivity index is 1.49. The summed E-state index contributed by atoms with van der Waals surface area (Å²) in [5.74, 6) is -1.40. The molecule has 2 aliphatic heterocycles. The highest BCUT2D eigenvalue weighted by Gasteiger charge is 2.47. The highest BCUT2D eigenvalue weighted by atomic mass is 19.1. The molecule has 2 aliphatic rings. The quantitative estimate of drug-likeness (QED) is 0.258. The number of carboxylic acids is 1. The fourth-order valence-electron chi connectivity index (χ4n) is 7.05. The predicted octanol–water partition coefficient (Wildman–Crippen LogP) is 5.96. The first kappa shape index (κ1) is 31.6. The number of anilines is 1. The van der Waals surface area contributed by atoms with Crippen LogP contribution in [-0.4, -0.2) is 63.6 Å². The minimum atomic E-state index is -0.866. The number of aryl methyl sites for hydroxylation is 2. The van der Waals surface area contributed by atoms with Crippen LogP contribution in [0.1, 0.15) is 74.3 Å². The maximum absolute atomic E-state index is 14.4. The molecule has 0 radical (unpaired) electrons. The fourth-order valence-corrected chi connectivity index (χ4v) is 7.05. The summed E-state index contributed by atoms with van der Waals surface area (Å²) in [4.78, 5) is 39.6. The smallest absolute Gasteiger partial charge is 0.308 e. The molecule has 1 fully saturated rings. The Morgan fingerprint density at radius 2 is 1.93 bits per heavy atom. The Kier molecular flexibility index (Phi) is 10.3. The van der Waals surface area contributed by atoms with Gasteiger partial charge in [-0.2, -0.15) is 0 Å². The van der Waals surface area contributed by atoms with Crippen LogP contribution in [0.2, 0.25) is 0 Å². The topological polar surface area (TPSA) is 95.9 Å². The Morgan fingerprint density at radius 1 is 1.14 bits per heavy atom. The number of nitrogens with zero attached hydrogens (tertiary/aromatic N) is 4. The Morgan fingerprint density at radius 3 is 2.61 bits per heavy atom. The lowest BCUT2D eigenvalue weighted by Crippen LogP contribution is -2.48.